The lowest BCUT2D eigenvalue weighted by Crippen LogP contribution is -2.36. The smallest absolute Gasteiger partial charge is 0.254 e. The zero-order chi connectivity index (χ0) is 15.5. The molecule has 1 heterocycles. The van der Waals surface area contributed by atoms with E-state index in [0.29, 0.717) is 50.9 Å². The summed E-state index contributed by atoms with van der Waals surface area (Å²) in [6.45, 7) is 7.15. The van der Waals surface area contributed by atoms with Gasteiger partial charge in [0, 0.05) is 38.1 Å². The quantitative estimate of drug-likeness (QED) is 0.378. The minimum Gasteiger partial charge on any atom is -0.380 e. The van der Waals surface area contributed by atoms with Crippen molar-refractivity contribution in [1.29, 1.82) is 0 Å². The first-order valence-electron chi connectivity index (χ1n) is 7.10. The highest BCUT2D eigenvalue weighted by Crippen LogP contribution is 2.09. The third-order valence-electron chi connectivity index (χ3n) is 2.86. The summed E-state index contributed by atoms with van der Waals surface area (Å²) in [5, 5.41) is 0. The molecule has 1 aromatic rings. The van der Waals surface area contributed by atoms with Crippen molar-refractivity contribution in [2.75, 3.05) is 44.9 Å². The van der Waals surface area contributed by atoms with Crippen LogP contribution in [0.4, 0.5) is 5.82 Å². The molecule has 0 spiro atoms. The van der Waals surface area contributed by atoms with E-state index in [-0.39, 0.29) is 5.91 Å². The van der Waals surface area contributed by atoms with Gasteiger partial charge in [-0.1, -0.05) is 0 Å². The van der Waals surface area contributed by atoms with E-state index in [1.54, 1.807) is 23.2 Å². The van der Waals surface area contributed by atoms with Gasteiger partial charge in [0.15, 0.2) is 0 Å². The molecular formula is C14H24N4O3. The molecular weight excluding hydrogens is 272 g/mol. The molecule has 0 aliphatic rings. The van der Waals surface area contributed by atoms with Crippen LogP contribution >= 0.6 is 0 Å². The summed E-state index contributed by atoms with van der Waals surface area (Å²) in [5.74, 6) is 5.68. The lowest BCUT2D eigenvalue weighted by molar-refractivity contribution is 0.0550. The van der Waals surface area contributed by atoms with E-state index in [2.05, 4.69) is 10.4 Å². The van der Waals surface area contributed by atoms with E-state index in [4.69, 9.17) is 15.3 Å². The van der Waals surface area contributed by atoms with Gasteiger partial charge in [-0.15, -0.1) is 0 Å². The molecule has 1 aromatic heterocycles. The second kappa shape index (κ2) is 10.1. The van der Waals surface area contributed by atoms with E-state index in [9.17, 15) is 4.79 Å². The van der Waals surface area contributed by atoms with E-state index in [1.807, 2.05) is 13.8 Å². The fourth-order valence-corrected chi connectivity index (χ4v) is 1.78. The highest BCUT2D eigenvalue weighted by atomic mass is 16.5. The molecule has 0 unspecified atom stereocenters. The molecule has 1 amide bonds. The van der Waals surface area contributed by atoms with E-state index in [0.717, 1.165) is 0 Å². The summed E-state index contributed by atoms with van der Waals surface area (Å²) in [7, 11) is 0. The average Bonchev–Trinajstić information content (AvgIpc) is 2.53. The monoisotopic (exact) mass is 296 g/mol. The molecule has 3 N–H and O–H groups in total. The van der Waals surface area contributed by atoms with Crippen molar-refractivity contribution >= 4 is 11.7 Å². The Morgan fingerprint density at radius 2 is 1.90 bits per heavy atom. The van der Waals surface area contributed by atoms with Gasteiger partial charge in [0.1, 0.15) is 5.82 Å². The first-order chi connectivity index (χ1) is 10.2. The van der Waals surface area contributed by atoms with Crippen LogP contribution in [0.25, 0.3) is 0 Å². The summed E-state index contributed by atoms with van der Waals surface area (Å²) < 4.78 is 10.6. The van der Waals surface area contributed by atoms with Crippen LogP contribution in [0.15, 0.2) is 18.3 Å². The fraction of sp³-hybridized carbons (Fsp3) is 0.571. The number of aromatic nitrogens is 1. The van der Waals surface area contributed by atoms with Gasteiger partial charge in [-0.25, -0.2) is 10.8 Å². The van der Waals surface area contributed by atoms with E-state index in [1.165, 1.54) is 0 Å². The summed E-state index contributed by atoms with van der Waals surface area (Å²) in [5.41, 5.74) is 2.97. The largest absolute Gasteiger partial charge is 0.380 e. The molecule has 0 aromatic carbocycles. The van der Waals surface area contributed by atoms with Crippen LogP contribution < -0.4 is 11.3 Å². The number of pyridine rings is 1. The van der Waals surface area contributed by atoms with Crippen LogP contribution in [-0.4, -0.2) is 55.3 Å². The van der Waals surface area contributed by atoms with E-state index < -0.39 is 0 Å². The van der Waals surface area contributed by atoms with Gasteiger partial charge >= 0.3 is 0 Å². The lowest BCUT2D eigenvalue weighted by Gasteiger charge is -2.22. The number of nitrogens with zero attached hydrogens (tertiary/aromatic N) is 2. The number of rotatable bonds is 10. The first kappa shape index (κ1) is 17.4. The molecule has 0 fully saturated rings. The number of hydrogen-bond acceptors (Lipinski definition) is 6. The minimum atomic E-state index is -0.0895. The van der Waals surface area contributed by atoms with Gasteiger partial charge in [0.05, 0.1) is 13.2 Å². The van der Waals surface area contributed by atoms with E-state index >= 15 is 0 Å². The normalized spacial score (nSPS) is 10.4. The van der Waals surface area contributed by atoms with Gasteiger partial charge in [0.25, 0.3) is 5.91 Å². The van der Waals surface area contributed by atoms with Crippen LogP contribution in [-0.2, 0) is 9.47 Å². The van der Waals surface area contributed by atoms with Crippen molar-refractivity contribution in [2.24, 2.45) is 5.84 Å². The van der Waals surface area contributed by atoms with Crippen LogP contribution in [0.1, 0.15) is 24.2 Å². The molecule has 0 aliphatic carbocycles. The third-order valence-corrected chi connectivity index (χ3v) is 2.86. The van der Waals surface area contributed by atoms with Crippen molar-refractivity contribution in [1.82, 2.24) is 9.88 Å². The number of anilines is 1. The minimum absolute atomic E-state index is 0.0895. The Balaban J connectivity index is 2.71. The van der Waals surface area contributed by atoms with Crippen LogP contribution in [0.2, 0.25) is 0 Å². The highest BCUT2D eigenvalue weighted by molar-refractivity contribution is 5.94. The number of nitrogens with two attached hydrogens (primary N) is 1. The summed E-state index contributed by atoms with van der Waals surface area (Å²) in [4.78, 5) is 18.2. The summed E-state index contributed by atoms with van der Waals surface area (Å²) in [6, 6.07) is 3.29. The molecule has 7 nitrogen and oxygen atoms in total. The maximum Gasteiger partial charge on any atom is 0.254 e. The SMILES string of the molecule is CCOCCN(CCOCC)C(=O)c1ccnc(NN)c1. The Morgan fingerprint density at radius 3 is 2.43 bits per heavy atom. The van der Waals surface area contributed by atoms with Gasteiger partial charge in [-0.05, 0) is 26.0 Å². The Morgan fingerprint density at radius 1 is 1.29 bits per heavy atom. The maximum atomic E-state index is 12.5. The number of hydrazine groups is 1. The van der Waals surface area contributed by atoms with Crippen molar-refractivity contribution in [3.8, 4) is 0 Å². The number of ether oxygens (including phenoxy) is 2. The molecule has 0 bridgehead atoms. The number of amides is 1. The van der Waals surface area contributed by atoms with Gasteiger partial charge in [0.2, 0.25) is 0 Å². The predicted molar refractivity (Wildman–Crippen MR) is 80.9 cm³/mol. The maximum absolute atomic E-state index is 12.5. The predicted octanol–water partition coefficient (Wildman–Crippen LogP) is 0.882. The second-order valence-corrected chi connectivity index (χ2v) is 4.26. The number of carbonyl (C=O) groups is 1. The molecule has 7 heteroatoms. The fourth-order valence-electron chi connectivity index (χ4n) is 1.78. The summed E-state index contributed by atoms with van der Waals surface area (Å²) in [6.07, 6.45) is 1.55. The molecule has 0 saturated carbocycles. The van der Waals surface area contributed by atoms with Crippen LogP contribution in [0.5, 0.6) is 0 Å². The Hall–Kier alpha value is -1.70. The molecule has 0 atom stereocenters. The molecule has 118 valence electrons. The lowest BCUT2D eigenvalue weighted by atomic mass is 10.2. The van der Waals surface area contributed by atoms with Crippen molar-refractivity contribution < 1.29 is 14.3 Å². The molecule has 0 aliphatic heterocycles. The van der Waals surface area contributed by atoms with Crippen LogP contribution in [0, 0.1) is 0 Å². The number of nitrogen functional groups attached to an aromatic ring is 1. The van der Waals surface area contributed by atoms with Gasteiger partial charge in [-0.2, -0.15) is 0 Å². The average molecular weight is 296 g/mol. The number of carbonyl (C=O) groups excluding carboxylic acids is 1. The Kier molecular flexibility index (Phi) is 8.34. The zero-order valence-electron chi connectivity index (χ0n) is 12.7. The summed E-state index contributed by atoms with van der Waals surface area (Å²) >= 11 is 0. The van der Waals surface area contributed by atoms with Crippen molar-refractivity contribution in [2.45, 2.75) is 13.8 Å². The van der Waals surface area contributed by atoms with Crippen LogP contribution in [0.3, 0.4) is 0 Å². The first-order valence-corrected chi connectivity index (χ1v) is 7.10. The topological polar surface area (TPSA) is 89.7 Å². The molecule has 21 heavy (non-hydrogen) atoms. The second-order valence-electron chi connectivity index (χ2n) is 4.26. The van der Waals surface area contributed by atoms with Gasteiger partial charge in [-0.3, -0.25) is 4.79 Å². The highest BCUT2D eigenvalue weighted by Gasteiger charge is 2.16. The molecule has 0 saturated heterocycles. The third kappa shape index (κ3) is 6.07. The number of hydrogen-bond donors (Lipinski definition) is 2. The Labute approximate surface area is 125 Å². The van der Waals surface area contributed by atoms with Crippen molar-refractivity contribution in [3.05, 3.63) is 23.9 Å². The molecule has 1 rings (SSSR count). The molecule has 0 radical (unpaired) electrons. The van der Waals surface area contributed by atoms with Gasteiger partial charge < -0.3 is 19.8 Å². The zero-order valence-corrected chi connectivity index (χ0v) is 12.7. The standard InChI is InChI=1S/C14H24N4O3/c1-3-20-9-7-18(8-10-21-4-2)14(19)12-5-6-16-13(11-12)17-15/h5-6,11H,3-4,7-10,15H2,1-2H3,(H,16,17). The van der Waals surface area contributed by atoms with Crippen molar-refractivity contribution in [3.63, 3.8) is 0 Å². The Bertz CT molecular complexity index is 418. The number of nitrogens with one attached hydrogen (secondary N) is 1.